The van der Waals surface area contributed by atoms with Crippen LogP contribution in [0, 0.1) is 6.92 Å². The van der Waals surface area contributed by atoms with E-state index in [1.807, 2.05) is 19.1 Å². The van der Waals surface area contributed by atoms with Crippen molar-refractivity contribution in [3.63, 3.8) is 0 Å². The largest absolute Gasteiger partial charge is 0.364 e. The number of fused-ring (bicyclic) bond motifs is 1. The molecular weight excluding hydrogens is 202 g/mol. The molecule has 4 nitrogen and oxygen atoms in total. The fourth-order valence-electron chi connectivity index (χ4n) is 2.17. The molecule has 0 spiro atoms. The van der Waals surface area contributed by atoms with Crippen molar-refractivity contribution in [3.05, 3.63) is 29.0 Å². The Morgan fingerprint density at radius 1 is 1.44 bits per heavy atom. The molecule has 1 heterocycles. The van der Waals surface area contributed by atoms with Crippen molar-refractivity contribution < 1.29 is 4.79 Å². The van der Waals surface area contributed by atoms with E-state index in [1.165, 1.54) is 0 Å². The minimum Gasteiger partial charge on any atom is -0.364 e. The second-order valence-corrected chi connectivity index (χ2v) is 4.31. The van der Waals surface area contributed by atoms with Gasteiger partial charge in [0.2, 0.25) is 0 Å². The molecule has 0 saturated heterocycles. The van der Waals surface area contributed by atoms with Gasteiger partial charge in [-0.1, -0.05) is 19.9 Å². The summed E-state index contributed by atoms with van der Waals surface area (Å²) in [5.41, 5.74) is 8.82. The first-order chi connectivity index (χ1) is 7.52. The number of aryl methyl sites for hydroxylation is 1. The molecule has 4 heteroatoms. The van der Waals surface area contributed by atoms with Crippen LogP contribution in [0.15, 0.2) is 12.1 Å². The van der Waals surface area contributed by atoms with Gasteiger partial charge in [-0.15, -0.1) is 0 Å². The topological polar surface area (TPSA) is 71.8 Å². The molecule has 0 radical (unpaired) electrons. The first kappa shape index (κ1) is 10.7. The van der Waals surface area contributed by atoms with Crippen LogP contribution in [0.3, 0.4) is 0 Å². The van der Waals surface area contributed by atoms with E-state index in [-0.39, 0.29) is 0 Å². The highest BCUT2D eigenvalue weighted by atomic mass is 16.1. The van der Waals surface area contributed by atoms with E-state index in [2.05, 4.69) is 24.0 Å². The molecule has 16 heavy (non-hydrogen) atoms. The lowest BCUT2D eigenvalue weighted by molar-refractivity contribution is 0.0997. The van der Waals surface area contributed by atoms with Crippen LogP contribution in [0.25, 0.3) is 10.9 Å². The van der Waals surface area contributed by atoms with Gasteiger partial charge >= 0.3 is 0 Å². The van der Waals surface area contributed by atoms with E-state index in [0.717, 1.165) is 22.0 Å². The standard InChI is InChI=1S/C12H15N3O/c1-6(2)9-7(3)4-5-8-10(9)11(12(13)16)15-14-8/h4-6H,1-3H3,(H2,13,16)(H,14,15). The summed E-state index contributed by atoms with van der Waals surface area (Å²) in [5, 5.41) is 7.68. The first-order valence-corrected chi connectivity index (χ1v) is 5.29. The van der Waals surface area contributed by atoms with Crippen LogP contribution in [0.4, 0.5) is 0 Å². The van der Waals surface area contributed by atoms with Crippen LogP contribution >= 0.6 is 0 Å². The van der Waals surface area contributed by atoms with Crippen molar-refractivity contribution >= 4 is 16.8 Å². The highest BCUT2D eigenvalue weighted by Gasteiger charge is 2.17. The lowest BCUT2D eigenvalue weighted by atomic mass is 9.93. The highest BCUT2D eigenvalue weighted by Crippen LogP contribution is 2.29. The number of carbonyl (C=O) groups excluding carboxylic acids is 1. The van der Waals surface area contributed by atoms with E-state index < -0.39 is 5.91 Å². The number of nitrogens with zero attached hydrogens (tertiary/aromatic N) is 1. The Kier molecular flexibility index (Phi) is 2.42. The van der Waals surface area contributed by atoms with E-state index >= 15 is 0 Å². The summed E-state index contributed by atoms with van der Waals surface area (Å²) in [7, 11) is 0. The third-order valence-electron chi connectivity index (χ3n) is 2.80. The molecule has 0 fully saturated rings. The molecule has 1 aromatic heterocycles. The van der Waals surface area contributed by atoms with E-state index in [9.17, 15) is 4.79 Å². The van der Waals surface area contributed by atoms with Crippen LogP contribution in [0.2, 0.25) is 0 Å². The van der Waals surface area contributed by atoms with E-state index in [1.54, 1.807) is 0 Å². The second kappa shape index (κ2) is 3.63. The van der Waals surface area contributed by atoms with Gasteiger partial charge in [0.15, 0.2) is 5.69 Å². The third kappa shape index (κ3) is 1.46. The monoisotopic (exact) mass is 217 g/mol. The first-order valence-electron chi connectivity index (χ1n) is 5.29. The second-order valence-electron chi connectivity index (χ2n) is 4.31. The molecular formula is C12H15N3O. The van der Waals surface area contributed by atoms with Crippen LogP contribution < -0.4 is 5.73 Å². The van der Waals surface area contributed by atoms with E-state index in [0.29, 0.717) is 11.6 Å². The number of nitrogens with two attached hydrogens (primary N) is 1. The summed E-state index contributed by atoms with van der Waals surface area (Å²) in [6.07, 6.45) is 0. The van der Waals surface area contributed by atoms with E-state index in [4.69, 9.17) is 5.73 Å². The summed E-state index contributed by atoms with van der Waals surface area (Å²) in [6, 6.07) is 3.95. The fourth-order valence-corrected chi connectivity index (χ4v) is 2.17. The molecule has 0 aliphatic rings. The molecule has 0 aliphatic carbocycles. The molecule has 84 valence electrons. The zero-order valence-electron chi connectivity index (χ0n) is 9.66. The summed E-state index contributed by atoms with van der Waals surface area (Å²) >= 11 is 0. The summed E-state index contributed by atoms with van der Waals surface area (Å²) in [5.74, 6) is -0.154. The Morgan fingerprint density at radius 2 is 2.12 bits per heavy atom. The van der Waals surface area contributed by atoms with Gasteiger partial charge in [-0.25, -0.2) is 0 Å². The predicted molar refractivity (Wildman–Crippen MR) is 63.4 cm³/mol. The van der Waals surface area contributed by atoms with Gasteiger partial charge in [-0.05, 0) is 30.0 Å². The zero-order chi connectivity index (χ0) is 11.9. The maximum absolute atomic E-state index is 11.3. The zero-order valence-corrected chi connectivity index (χ0v) is 9.66. The number of hydrogen-bond donors (Lipinski definition) is 2. The maximum Gasteiger partial charge on any atom is 0.269 e. The molecule has 2 rings (SSSR count). The Labute approximate surface area is 93.8 Å². The van der Waals surface area contributed by atoms with Crippen LogP contribution in [-0.2, 0) is 0 Å². The number of primary amides is 1. The number of H-pyrrole nitrogens is 1. The molecule has 2 aromatic rings. The number of hydrogen-bond acceptors (Lipinski definition) is 2. The van der Waals surface area contributed by atoms with Crippen molar-refractivity contribution in [2.75, 3.05) is 0 Å². The number of nitrogens with one attached hydrogen (secondary N) is 1. The summed E-state index contributed by atoms with van der Waals surface area (Å²) in [6.45, 7) is 6.23. The fraction of sp³-hybridized carbons (Fsp3) is 0.333. The minimum atomic E-state index is -0.487. The highest BCUT2D eigenvalue weighted by molar-refractivity contribution is 6.05. The van der Waals surface area contributed by atoms with Crippen molar-refractivity contribution in [3.8, 4) is 0 Å². The molecule has 0 atom stereocenters. The third-order valence-corrected chi connectivity index (χ3v) is 2.80. The molecule has 0 unspecified atom stereocenters. The average Bonchev–Trinajstić information content (AvgIpc) is 2.60. The number of aromatic nitrogens is 2. The number of carbonyl (C=O) groups is 1. The van der Waals surface area contributed by atoms with Crippen molar-refractivity contribution in [1.82, 2.24) is 10.2 Å². The smallest absolute Gasteiger partial charge is 0.269 e. The Morgan fingerprint density at radius 3 is 2.69 bits per heavy atom. The molecule has 0 aliphatic heterocycles. The van der Waals surface area contributed by atoms with Crippen molar-refractivity contribution in [2.24, 2.45) is 5.73 Å². The normalized spacial score (nSPS) is 11.2. The quantitative estimate of drug-likeness (QED) is 0.808. The van der Waals surface area contributed by atoms with Gasteiger partial charge in [0.05, 0.1) is 5.52 Å². The minimum absolute atomic E-state index is 0.333. The van der Waals surface area contributed by atoms with Crippen LogP contribution in [0.1, 0.15) is 41.4 Å². The summed E-state index contributed by atoms with van der Waals surface area (Å²) < 4.78 is 0. The average molecular weight is 217 g/mol. The van der Waals surface area contributed by atoms with Gasteiger partial charge < -0.3 is 5.73 Å². The molecule has 3 N–H and O–H groups in total. The van der Waals surface area contributed by atoms with Gasteiger partial charge in [0.1, 0.15) is 0 Å². The molecule has 1 amide bonds. The Balaban J connectivity index is 2.88. The van der Waals surface area contributed by atoms with Crippen LogP contribution in [-0.4, -0.2) is 16.1 Å². The molecule has 0 bridgehead atoms. The van der Waals surface area contributed by atoms with Crippen LogP contribution in [0.5, 0.6) is 0 Å². The lowest BCUT2D eigenvalue weighted by Crippen LogP contribution is -2.12. The maximum atomic E-state index is 11.3. The number of amides is 1. The van der Waals surface area contributed by atoms with Crippen molar-refractivity contribution in [1.29, 1.82) is 0 Å². The summed E-state index contributed by atoms with van der Waals surface area (Å²) in [4.78, 5) is 11.3. The van der Waals surface area contributed by atoms with Gasteiger partial charge in [0.25, 0.3) is 5.91 Å². The number of rotatable bonds is 2. The van der Waals surface area contributed by atoms with Gasteiger partial charge in [-0.2, -0.15) is 5.10 Å². The van der Waals surface area contributed by atoms with Gasteiger partial charge in [-0.3, -0.25) is 9.89 Å². The Bertz CT molecular complexity index is 555. The molecule has 1 aromatic carbocycles. The van der Waals surface area contributed by atoms with Crippen molar-refractivity contribution in [2.45, 2.75) is 26.7 Å². The van der Waals surface area contributed by atoms with Gasteiger partial charge in [0, 0.05) is 5.39 Å². The number of benzene rings is 1. The number of aromatic amines is 1. The predicted octanol–water partition coefficient (Wildman–Crippen LogP) is 2.09. The SMILES string of the molecule is Cc1ccc2[nH]nc(C(N)=O)c2c1C(C)C. The lowest BCUT2D eigenvalue weighted by Gasteiger charge is -2.11. The Hall–Kier alpha value is -1.84. The molecule has 0 saturated carbocycles.